The standard InChI is InChI=1S/C24H24N4O4S/c1-15-11-23(33-14-22(29)27-20-10-9-18(31-3)12-21(20)32-4)28-24(26-15)19(13-25-28)16-5-7-17(30-2)8-6-16/h5-13H,14H2,1-4H3,(H,27,29). The fourth-order valence-electron chi connectivity index (χ4n) is 3.35. The van der Waals surface area contributed by atoms with Gasteiger partial charge in [-0.25, -0.2) is 9.50 Å². The van der Waals surface area contributed by atoms with Crippen LogP contribution in [0.4, 0.5) is 5.69 Å². The summed E-state index contributed by atoms with van der Waals surface area (Å²) in [6, 6.07) is 14.9. The third kappa shape index (κ3) is 4.88. The molecule has 1 N–H and O–H groups in total. The number of rotatable bonds is 8. The lowest BCUT2D eigenvalue weighted by Crippen LogP contribution is -2.15. The lowest BCUT2D eigenvalue weighted by molar-refractivity contribution is -0.113. The third-order valence-corrected chi connectivity index (χ3v) is 6.00. The number of hydrogen-bond donors (Lipinski definition) is 1. The van der Waals surface area contributed by atoms with Crippen LogP contribution in [0.25, 0.3) is 16.8 Å². The van der Waals surface area contributed by atoms with Gasteiger partial charge in [-0.3, -0.25) is 4.79 Å². The maximum atomic E-state index is 12.6. The van der Waals surface area contributed by atoms with E-state index in [-0.39, 0.29) is 11.7 Å². The minimum atomic E-state index is -0.159. The number of carbonyl (C=O) groups is 1. The maximum absolute atomic E-state index is 12.6. The molecule has 0 bridgehead atoms. The molecule has 1 amide bonds. The second-order valence-electron chi connectivity index (χ2n) is 7.16. The highest BCUT2D eigenvalue weighted by Crippen LogP contribution is 2.31. The molecule has 0 radical (unpaired) electrons. The highest BCUT2D eigenvalue weighted by atomic mass is 32.2. The molecule has 9 heteroatoms. The second-order valence-corrected chi connectivity index (χ2v) is 8.16. The summed E-state index contributed by atoms with van der Waals surface area (Å²) in [5.41, 5.74) is 4.07. The van der Waals surface area contributed by atoms with Gasteiger partial charge in [0.1, 0.15) is 22.3 Å². The number of amides is 1. The summed E-state index contributed by atoms with van der Waals surface area (Å²) in [6.45, 7) is 1.93. The molecular formula is C24H24N4O4S. The van der Waals surface area contributed by atoms with Gasteiger partial charge in [0.25, 0.3) is 0 Å². The van der Waals surface area contributed by atoms with Crippen LogP contribution in [0.5, 0.6) is 17.2 Å². The Bertz CT molecular complexity index is 1290. The SMILES string of the molecule is COc1ccc(-c2cnn3c(SCC(=O)Nc4ccc(OC)cc4OC)cc(C)nc23)cc1. The second kappa shape index (κ2) is 9.83. The molecule has 0 spiro atoms. The average molecular weight is 465 g/mol. The van der Waals surface area contributed by atoms with Crippen molar-refractivity contribution >= 4 is 29.0 Å². The van der Waals surface area contributed by atoms with Crippen LogP contribution in [0.2, 0.25) is 0 Å². The molecule has 0 aliphatic rings. The first kappa shape index (κ1) is 22.5. The van der Waals surface area contributed by atoms with Crippen LogP contribution in [0.1, 0.15) is 5.69 Å². The Kier molecular flexibility index (Phi) is 6.69. The van der Waals surface area contributed by atoms with E-state index < -0.39 is 0 Å². The van der Waals surface area contributed by atoms with E-state index in [9.17, 15) is 4.79 Å². The first-order valence-corrected chi connectivity index (χ1v) is 11.2. The molecule has 2 aromatic heterocycles. The molecule has 0 saturated heterocycles. The van der Waals surface area contributed by atoms with Crippen LogP contribution in [-0.4, -0.2) is 47.6 Å². The van der Waals surface area contributed by atoms with E-state index in [0.717, 1.165) is 33.2 Å². The molecule has 4 aromatic rings. The first-order valence-electron chi connectivity index (χ1n) is 10.2. The van der Waals surface area contributed by atoms with Crippen LogP contribution < -0.4 is 19.5 Å². The van der Waals surface area contributed by atoms with Crippen molar-refractivity contribution in [1.82, 2.24) is 14.6 Å². The van der Waals surface area contributed by atoms with Crippen molar-refractivity contribution < 1.29 is 19.0 Å². The van der Waals surface area contributed by atoms with Gasteiger partial charge in [-0.2, -0.15) is 5.10 Å². The van der Waals surface area contributed by atoms with Gasteiger partial charge in [-0.05, 0) is 42.8 Å². The molecule has 0 aliphatic carbocycles. The van der Waals surface area contributed by atoms with Gasteiger partial charge in [0.15, 0.2) is 5.65 Å². The van der Waals surface area contributed by atoms with Gasteiger partial charge >= 0.3 is 0 Å². The minimum absolute atomic E-state index is 0.159. The molecular weight excluding hydrogens is 440 g/mol. The van der Waals surface area contributed by atoms with Crippen molar-refractivity contribution in [2.75, 3.05) is 32.4 Å². The van der Waals surface area contributed by atoms with Crippen molar-refractivity contribution in [3.8, 4) is 28.4 Å². The summed E-state index contributed by atoms with van der Waals surface area (Å²) in [7, 11) is 4.77. The molecule has 0 aliphatic heterocycles. The Balaban J connectivity index is 1.53. The van der Waals surface area contributed by atoms with E-state index in [1.807, 2.05) is 37.3 Å². The predicted molar refractivity (Wildman–Crippen MR) is 129 cm³/mol. The van der Waals surface area contributed by atoms with Crippen molar-refractivity contribution in [2.45, 2.75) is 11.9 Å². The number of thioether (sulfide) groups is 1. The summed E-state index contributed by atoms with van der Waals surface area (Å²) in [4.78, 5) is 17.3. The summed E-state index contributed by atoms with van der Waals surface area (Å²) < 4.78 is 17.6. The normalized spacial score (nSPS) is 10.8. The fraction of sp³-hybridized carbons (Fsp3) is 0.208. The topological polar surface area (TPSA) is 87.0 Å². The highest BCUT2D eigenvalue weighted by Gasteiger charge is 2.15. The van der Waals surface area contributed by atoms with E-state index >= 15 is 0 Å². The summed E-state index contributed by atoms with van der Waals surface area (Å²) in [5, 5.41) is 8.24. The quantitative estimate of drug-likeness (QED) is 0.304. The lowest BCUT2D eigenvalue weighted by atomic mass is 10.1. The maximum Gasteiger partial charge on any atom is 0.234 e. The van der Waals surface area contributed by atoms with Crippen LogP contribution >= 0.6 is 11.8 Å². The number of hydrogen-bond acceptors (Lipinski definition) is 7. The largest absolute Gasteiger partial charge is 0.497 e. The van der Waals surface area contributed by atoms with Crippen molar-refractivity contribution in [2.24, 2.45) is 0 Å². The number of carbonyl (C=O) groups excluding carboxylic acids is 1. The Labute approximate surface area is 195 Å². The highest BCUT2D eigenvalue weighted by molar-refractivity contribution is 7.99. The van der Waals surface area contributed by atoms with Crippen molar-refractivity contribution in [3.05, 3.63) is 60.4 Å². The van der Waals surface area contributed by atoms with Gasteiger partial charge < -0.3 is 19.5 Å². The number of ether oxygens (including phenoxy) is 3. The van der Waals surface area contributed by atoms with Crippen LogP contribution in [-0.2, 0) is 4.79 Å². The van der Waals surface area contributed by atoms with E-state index in [1.165, 1.54) is 11.8 Å². The van der Waals surface area contributed by atoms with E-state index in [2.05, 4.69) is 15.4 Å². The molecule has 0 saturated carbocycles. The van der Waals surface area contributed by atoms with Gasteiger partial charge in [0.05, 0.1) is 39.0 Å². The number of nitrogens with one attached hydrogen (secondary N) is 1. The Morgan fingerprint density at radius 3 is 2.42 bits per heavy atom. The molecule has 170 valence electrons. The molecule has 0 atom stereocenters. The Morgan fingerprint density at radius 1 is 1.00 bits per heavy atom. The van der Waals surface area contributed by atoms with E-state index in [4.69, 9.17) is 14.2 Å². The number of benzene rings is 2. The Hall–Kier alpha value is -3.72. The zero-order valence-electron chi connectivity index (χ0n) is 18.8. The number of fused-ring (bicyclic) bond motifs is 1. The third-order valence-electron chi connectivity index (χ3n) is 5.00. The minimum Gasteiger partial charge on any atom is -0.497 e. The van der Waals surface area contributed by atoms with Crippen LogP contribution in [0.15, 0.2) is 59.8 Å². The lowest BCUT2D eigenvalue weighted by Gasteiger charge is -2.12. The number of nitrogens with zero attached hydrogens (tertiary/aromatic N) is 3. The molecule has 2 aromatic carbocycles. The molecule has 8 nitrogen and oxygen atoms in total. The van der Waals surface area contributed by atoms with Gasteiger partial charge in [0, 0.05) is 17.3 Å². The number of anilines is 1. The zero-order chi connectivity index (χ0) is 23.4. The van der Waals surface area contributed by atoms with Crippen LogP contribution in [0.3, 0.4) is 0 Å². The van der Waals surface area contributed by atoms with Gasteiger partial charge in [0.2, 0.25) is 5.91 Å². The van der Waals surface area contributed by atoms with Crippen LogP contribution in [0, 0.1) is 6.92 Å². The van der Waals surface area contributed by atoms with Gasteiger partial charge in [-0.1, -0.05) is 23.9 Å². The molecule has 4 rings (SSSR count). The van der Waals surface area contributed by atoms with Crippen molar-refractivity contribution in [3.63, 3.8) is 0 Å². The molecule has 33 heavy (non-hydrogen) atoms. The van der Waals surface area contributed by atoms with E-state index in [1.54, 1.807) is 50.2 Å². The molecule has 0 unspecified atom stereocenters. The summed E-state index contributed by atoms with van der Waals surface area (Å²) in [5.74, 6) is 2.01. The van der Waals surface area contributed by atoms with E-state index in [0.29, 0.717) is 17.2 Å². The zero-order valence-corrected chi connectivity index (χ0v) is 19.6. The predicted octanol–water partition coefficient (Wildman–Crippen LogP) is 4.46. The summed E-state index contributed by atoms with van der Waals surface area (Å²) in [6.07, 6.45) is 1.79. The monoisotopic (exact) mass is 464 g/mol. The molecule has 0 fully saturated rings. The summed E-state index contributed by atoms with van der Waals surface area (Å²) >= 11 is 1.39. The first-order chi connectivity index (χ1) is 16.0. The fourth-order valence-corrected chi connectivity index (χ4v) is 4.22. The number of aromatic nitrogens is 3. The number of aryl methyl sites for hydroxylation is 1. The Morgan fingerprint density at radius 2 is 1.73 bits per heavy atom. The van der Waals surface area contributed by atoms with Crippen molar-refractivity contribution in [1.29, 1.82) is 0 Å². The van der Waals surface area contributed by atoms with Gasteiger partial charge in [-0.15, -0.1) is 0 Å². The average Bonchev–Trinajstić information content (AvgIpc) is 3.26. The smallest absolute Gasteiger partial charge is 0.234 e. The molecule has 2 heterocycles. The number of methoxy groups -OCH3 is 3.